The van der Waals surface area contributed by atoms with E-state index in [0.717, 1.165) is 31.4 Å². The number of halogens is 3. The molecule has 0 spiro atoms. The lowest BCUT2D eigenvalue weighted by Crippen LogP contribution is -2.28. The van der Waals surface area contributed by atoms with Crippen molar-refractivity contribution in [1.82, 2.24) is 4.90 Å². The van der Waals surface area contributed by atoms with Gasteiger partial charge in [0.25, 0.3) is 5.91 Å². The Morgan fingerprint density at radius 3 is 2.52 bits per heavy atom. The van der Waals surface area contributed by atoms with Crippen molar-refractivity contribution < 1.29 is 18.0 Å². The number of nitrogens with one attached hydrogen (secondary N) is 1. The van der Waals surface area contributed by atoms with Gasteiger partial charge in [-0.25, -0.2) is 0 Å². The van der Waals surface area contributed by atoms with Crippen LogP contribution in [0.2, 0.25) is 0 Å². The fraction of sp³-hybridized carbons (Fsp3) is 0.533. The van der Waals surface area contributed by atoms with E-state index in [9.17, 15) is 18.0 Å². The molecule has 0 saturated carbocycles. The molecule has 6 heteroatoms. The Morgan fingerprint density at radius 2 is 1.95 bits per heavy atom. The molecule has 3 nitrogen and oxygen atoms in total. The van der Waals surface area contributed by atoms with E-state index in [-0.39, 0.29) is 11.5 Å². The first kappa shape index (κ1) is 15.7. The maximum Gasteiger partial charge on any atom is 0.416 e. The Hall–Kier alpha value is -1.72. The van der Waals surface area contributed by atoms with Crippen LogP contribution in [0.25, 0.3) is 0 Å². The summed E-state index contributed by atoms with van der Waals surface area (Å²) >= 11 is 0. The summed E-state index contributed by atoms with van der Waals surface area (Å²) in [4.78, 5) is 14.0. The highest BCUT2D eigenvalue weighted by Gasteiger charge is 2.32. The van der Waals surface area contributed by atoms with Crippen molar-refractivity contribution in [3.63, 3.8) is 0 Å². The molecule has 1 aromatic carbocycles. The molecule has 1 aliphatic rings. The number of benzene rings is 1. The molecule has 1 saturated heterocycles. The van der Waals surface area contributed by atoms with Crippen LogP contribution in [0.15, 0.2) is 18.2 Å². The Balaban J connectivity index is 2.34. The van der Waals surface area contributed by atoms with Gasteiger partial charge in [0.1, 0.15) is 0 Å². The summed E-state index contributed by atoms with van der Waals surface area (Å²) in [5, 5.41) is 3.03. The monoisotopic (exact) mass is 300 g/mol. The molecule has 0 bridgehead atoms. The van der Waals surface area contributed by atoms with E-state index in [1.165, 1.54) is 6.07 Å². The smallest absolute Gasteiger partial charge is 0.384 e. The molecule has 1 aliphatic heterocycles. The van der Waals surface area contributed by atoms with Crippen LogP contribution in [-0.2, 0) is 6.18 Å². The number of rotatable bonds is 4. The molecule has 0 unspecified atom stereocenters. The Labute approximate surface area is 122 Å². The third-order valence-electron chi connectivity index (χ3n) is 3.54. The normalized spacial score (nSPS) is 15.3. The van der Waals surface area contributed by atoms with E-state index >= 15 is 0 Å². The van der Waals surface area contributed by atoms with Gasteiger partial charge < -0.3 is 10.2 Å². The minimum Gasteiger partial charge on any atom is -0.384 e. The Kier molecular flexibility index (Phi) is 4.75. The molecule has 2 rings (SSSR count). The first-order valence-electron chi connectivity index (χ1n) is 7.18. The van der Waals surface area contributed by atoms with Crippen LogP contribution in [0.4, 0.5) is 18.9 Å². The zero-order chi connectivity index (χ0) is 15.5. The summed E-state index contributed by atoms with van der Waals surface area (Å²) < 4.78 is 38.5. The van der Waals surface area contributed by atoms with Crippen LogP contribution < -0.4 is 5.32 Å². The third-order valence-corrected chi connectivity index (χ3v) is 3.54. The fourth-order valence-corrected chi connectivity index (χ4v) is 2.40. The van der Waals surface area contributed by atoms with Gasteiger partial charge in [0.05, 0.1) is 11.1 Å². The maximum absolute atomic E-state index is 12.8. The lowest BCUT2D eigenvalue weighted by Gasteiger charge is -2.19. The van der Waals surface area contributed by atoms with E-state index in [1.807, 2.05) is 6.92 Å². The Bertz CT molecular complexity index is 508. The van der Waals surface area contributed by atoms with E-state index in [0.29, 0.717) is 25.3 Å². The van der Waals surface area contributed by atoms with Crippen LogP contribution in [0, 0.1) is 0 Å². The maximum atomic E-state index is 12.8. The number of carbonyl (C=O) groups excluding carboxylic acids is 1. The molecule has 0 aliphatic carbocycles. The molecule has 0 aromatic heterocycles. The number of carbonyl (C=O) groups is 1. The van der Waals surface area contributed by atoms with Crippen molar-refractivity contribution in [2.45, 2.75) is 32.4 Å². The molecule has 1 amide bonds. The number of nitrogens with zero attached hydrogens (tertiary/aromatic N) is 1. The standard InChI is InChI=1S/C15H19F3N2O/c1-2-7-19-13-6-5-11(15(16,17)18)10-12(13)14(21)20-8-3-4-9-20/h5-6,10,19H,2-4,7-9H2,1H3. The van der Waals surface area contributed by atoms with Crippen molar-refractivity contribution in [2.75, 3.05) is 25.0 Å². The first-order valence-corrected chi connectivity index (χ1v) is 7.18. The quantitative estimate of drug-likeness (QED) is 0.918. The van der Waals surface area contributed by atoms with E-state index in [4.69, 9.17) is 0 Å². The van der Waals surface area contributed by atoms with Gasteiger partial charge >= 0.3 is 6.18 Å². The average Bonchev–Trinajstić information content (AvgIpc) is 2.97. The number of likely N-dealkylation sites (tertiary alicyclic amines) is 1. The lowest BCUT2D eigenvalue weighted by atomic mass is 10.1. The second-order valence-corrected chi connectivity index (χ2v) is 5.18. The molecule has 0 atom stereocenters. The van der Waals surface area contributed by atoms with Gasteiger partial charge in [-0.3, -0.25) is 4.79 Å². The molecule has 1 aromatic rings. The van der Waals surface area contributed by atoms with Crippen molar-refractivity contribution >= 4 is 11.6 Å². The van der Waals surface area contributed by atoms with Gasteiger partial charge in [-0.15, -0.1) is 0 Å². The number of alkyl halides is 3. The van der Waals surface area contributed by atoms with E-state index in [2.05, 4.69) is 5.32 Å². The van der Waals surface area contributed by atoms with Gasteiger partial charge in [0.2, 0.25) is 0 Å². The highest BCUT2D eigenvalue weighted by atomic mass is 19.4. The Morgan fingerprint density at radius 1 is 1.29 bits per heavy atom. The molecule has 1 heterocycles. The highest BCUT2D eigenvalue weighted by Crippen LogP contribution is 2.32. The van der Waals surface area contributed by atoms with Crippen LogP contribution in [-0.4, -0.2) is 30.4 Å². The summed E-state index contributed by atoms with van der Waals surface area (Å²) in [7, 11) is 0. The summed E-state index contributed by atoms with van der Waals surface area (Å²) in [6.07, 6.45) is -1.80. The molecular formula is C15H19F3N2O. The lowest BCUT2D eigenvalue weighted by molar-refractivity contribution is -0.137. The second-order valence-electron chi connectivity index (χ2n) is 5.18. The molecule has 1 N–H and O–H groups in total. The van der Waals surface area contributed by atoms with Crippen molar-refractivity contribution in [3.8, 4) is 0 Å². The predicted molar refractivity (Wildman–Crippen MR) is 75.4 cm³/mol. The van der Waals surface area contributed by atoms with E-state index < -0.39 is 11.7 Å². The van der Waals surface area contributed by atoms with Crippen LogP contribution in [0.5, 0.6) is 0 Å². The highest BCUT2D eigenvalue weighted by molar-refractivity contribution is 6.00. The molecule has 116 valence electrons. The number of anilines is 1. The zero-order valence-electron chi connectivity index (χ0n) is 12.0. The molecule has 21 heavy (non-hydrogen) atoms. The van der Waals surface area contributed by atoms with Crippen molar-refractivity contribution in [2.24, 2.45) is 0 Å². The van der Waals surface area contributed by atoms with Crippen LogP contribution >= 0.6 is 0 Å². The number of hydrogen-bond acceptors (Lipinski definition) is 2. The molecule has 0 radical (unpaired) electrons. The minimum atomic E-state index is -4.44. The number of hydrogen-bond donors (Lipinski definition) is 1. The fourth-order valence-electron chi connectivity index (χ4n) is 2.40. The van der Waals surface area contributed by atoms with Gasteiger partial charge in [-0.2, -0.15) is 13.2 Å². The van der Waals surface area contributed by atoms with Gasteiger partial charge in [-0.1, -0.05) is 6.92 Å². The van der Waals surface area contributed by atoms with Gasteiger partial charge in [0.15, 0.2) is 0 Å². The summed E-state index contributed by atoms with van der Waals surface area (Å²) in [6.45, 7) is 3.80. The first-order chi connectivity index (χ1) is 9.93. The molecular weight excluding hydrogens is 281 g/mol. The summed E-state index contributed by atoms with van der Waals surface area (Å²) in [6, 6.07) is 3.32. The van der Waals surface area contributed by atoms with Crippen molar-refractivity contribution in [3.05, 3.63) is 29.3 Å². The van der Waals surface area contributed by atoms with Gasteiger partial charge in [0, 0.05) is 25.3 Å². The van der Waals surface area contributed by atoms with Crippen LogP contribution in [0.3, 0.4) is 0 Å². The van der Waals surface area contributed by atoms with E-state index in [1.54, 1.807) is 4.90 Å². The van der Waals surface area contributed by atoms with Crippen LogP contribution in [0.1, 0.15) is 42.1 Å². The van der Waals surface area contributed by atoms with Crippen molar-refractivity contribution in [1.29, 1.82) is 0 Å². The summed E-state index contributed by atoms with van der Waals surface area (Å²) in [5.74, 6) is -0.322. The zero-order valence-corrected chi connectivity index (χ0v) is 12.0. The average molecular weight is 300 g/mol. The SMILES string of the molecule is CCCNc1ccc(C(F)(F)F)cc1C(=O)N1CCCC1. The minimum absolute atomic E-state index is 0.111. The topological polar surface area (TPSA) is 32.3 Å². The summed E-state index contributed by atoms with van der Waals surface area (Å²) in [5.41, 5.74) is -0.200. The van der Waals surface area contributed by atoms with Gasteiger partial charge in [-0.05, 0) is 37.5 Å². The largest absolute Gasteiger partial charge is 0.416 e. The number of amides is 1. The third kappa shape index (κ3) is 3.68. The second kappa shape index (κ2) is 6.37. The predicted octanol–water partition coefficient (Wildman–Crippen LogP) is 3.76. The molecule has 1 fully saturated rings.